The zero-order chi connectivity index (χ0) is 14.1. The summed E-state index contributed by atoms with van der Waals surface area (Å²) in [5, 5.41) is 8.78. The van der Waals surface area contributed by atoms with Gasteiger partial charge >= 0.3 is 0 Å². The van der Waals surface area contributed by atoms with Gasteiger partial charge in [-0.15, -0.1) is 5.10 Å². The lowest BCUT2D eigenvalue weighted by Gasteiger charge is -2.04. The molecule has 6 heteroatoms. The van der Waals surface area contributed by atoms with Crippen LogP contribution in [0.25, 0.3) is 22.2 Å². The molecular weight excluding hydrogens is 259 g/mol. The predicted octanol–water partition coefficient (Wildman–Crippen LogP) is 2.66. The van der Waals surface area contributed by atoms with Crippen molar-refractivity contribution in [2.45, 2.75) is 13.5 Å². The Morgan fingerprint density at radius 2 is 1.85 bits per heavy atom. The van der Waals surface area contributed by atoms with E-state index in [1.807, 2.05) is 6.92 Å². The smallest absolute Gasteiger partial charge is 0.243 e. The van der Waals surface area contributed by atoms with Crippen molar-refractivity contribution in [3.8, 4) is 17.0 Å². The molecule has 0 amide bonds. The van der Waals surface area contributed by atoms with Gasteiger partial charge in [0.25, 0.3) is 0 Å². The van der Waals surface area contributed by atoms with E-state index in [1.165, 1.54) is 12.1 Å². The van der Waals surface area contributed by atoms with Crippen molar-refractivity contribution in [3.05, 3.63) is 36.3 Å². The summed E-state index contributed by atoms with van der Waals surface area (Å²) in [5.41, 5.74) is 2.96. The average Bonchev–Trinajstić information content (AvgIpc) is 2.91. The number of fused-ring (bicyclic) bond motifs is 1. The van der Waals surface area contributed by atoms with Crippen LogP contribution in [0.4, 0.5) is 4.39 Å². The SMILES string of the molecule is CCn1nc2c(-c3ccc(F)cc3)cnc(OC)c2n1. The van der Waals surface area contributed by atoms with Gasteiger partial charge in [0, 0.05) is 11.8 Å². The minimum atomic E-state index is -0.274. The Balaban J connectivity index is 2.25. The number of methoxy groups -OCH3 is 1. The van der Waals surface area contributed by atoms with E-state index < -0.39 is 0 Å². The molecule has 0 aliphatic heterocycles. The third-order valence-electron chi connectivity index (χ3n) is 3.06. The third kappa shape index (κ3) is 1.99. The molecule has 0 aliphatic carbocycles. The second-order valence-corrected chi connectivity index (χ2v) is 4.27. The predicted molar refractivity (Wildman–Crippen MR) is 72.9 cm³/mol. The van der Waals surface area contributed by atoms with Crippen LogP contribution >= 0.6 is 0 Å². The summed E-state index contributed by atoms with van der Waals surface area (Å²) in [4.78, 5) is 5.83. The van der Waals surface area contributed by atoms with E-state index in [-0.39, 0.29) is 5.82 Å². The van der Waals surface area contributed by atoms with Gasteiger partial charge in [-0.05, 0) is 24.6 Å². The average molecular weight is 272 g/mol. The standard InChI is InChI=1S/C14H13FN4O/c1-3-19-17-12-11(9-4-6-10(15)7-5-9)8-16-14(20-2)13(12)18-19/h4-8H,3H2,1-2H3. The van der Waals surface area contributed by atoms with Crippen LogP contribution in [0.2, 0.25) is 0 Å². The molecule has 5 nitrogen and oxygen atoms in total. The van der Waals surface area contributed by atoms with Gasteiger partial charge in [-0.3, -0.25) is 0 Å². The molecule has 0 unspecified atom stereocenters. The molecule has 3 rings (SSSR count). The maximum Gasteiger partial charge on any atom is 0.243 e. The van der Waals surface area contributed by atoms with Crippen LogP contribution in [0.1, 0.15) is 6.92 Å². The first-order chi connectivity index (χ1) is 9.72. The van der Waals surface area contributed by atoms with Crippen molar-refractivity contribution in [1.82, 2.24) is 20.0 Å². The van der Waals surface area contributed by atoms with Gasteiger partial charge in [-0.25, -0.2) is 9.37 Å². The third-order valence-corrected chi connectivity index (χ3v) is 3.06. The molecule has 0 spiro atoms. The van der Waals surface area contributed by atoms with Gasteiger partial charge in [-0.2, -0.15) is 9.90 Å². The zero-order valence-corrected chi connectivity index (χ0v) is 11.2. The molecule has 1 aromatic carbocycles. The fourth-order valence-corrected chi connectivity index (χ4v) is 2.05. The highest BCUT2D eigenvalue weighted by Gasteiger charge is 2.15. The number of pyridine rings is 1. The van der Waals surface area contributed by atoms with E-state index in [2.05, 4.69) is 15.2 Å². The molecule has 3 aromatic rings. The number of hydrogen-bond donors (Lipinski definition) is 0. The second kappa shape index (κ2) is 4.88. The first kappa shape index (κ1) is 12.5. The molecule has 2 aromatic heterocycles. The van der Waals surface area contributed by atoms with E-state index in [4.69, 9.17) is 4.74 Å². The summed E-state index contributed by atoms with van der Waals surface area (Å²) in [6.45, 7) is 2.61. The first-order valence-corrected chi connectivity index (χ1v) is 6.26. The lowest BCUT2D eigenvalue weighted by atomic mass is 10.1. The van der Waals surface area contributed by atoms with Gasteiger partial charge in [0.2, 0.25) is 5.88 Å². The monoisotopic (exact) mass is 272 g/mol. The van der Waals surface area contributed by atoms with Crippen LogP contribution in [-0.4, -0.2) is 27.1 Å². The Morgan fingerprint density at radius 1 is 1.15 bits per heavy atom. The van der Waals surface area contributed by atoms with Gasteiger partial charge in [-0.1, -0.05) is 12.1 Å². The molecule has 0 saturated carbocycles. The number of aryl methyl sites for hydroxylation is 1. The number of halogens is 1. The fraction of sp³-hybridized carbons (Fsp3) is 0.214. The van der Waals surface area contributed by atoms with Crippen molar-refractivity contribution in [2.75, 3.05) is 7.11 Å². The fourth-order valence-electron chi connectivity index (χ4n) is 2.05. The minimum absolute atomic E-state index is 0.274. The number of ether oxygens (including phenoxy) is 1. The topological polar surface area (TPSA) is 52.8 Å². The maximum atomic E-state index is 13.0. The zero-order valence-electron chi connectivity index (χ0n) is 11.2. The van der Waals surface area contributed by atoms with Crippen molar-refractivity contribution >= 4 is 11.0 Å². The normalized spacial score (nSPS) is 10.9. The maximum absolute atomic E-state index is 13.0. The molecule has 0 fully saturated rings. The quantitative estimate of drug-likeness (QED) is 0.735. The molecule has 2 heterocycles. The van der Waals surface area contributed by atoms with Crippen LogP contribution in [0.5, 0.6) is 5.88 Å². The van der Waals surface area contributed by atoms with E-state index in [9.17, 15) is 4.39 Å². The summed E-state index contributed by atoms with van der Waals surface area (Å²) in [7, 11) is 1.55. The van der Waals surface area contributed by atoms with Gasteiger partial charge in [0.15, 0.2) is 5.52 Å². The van der Waals surface area contributed by atoms with Crippen LogP contribution in [0, 0.1) is 5.82 Å². The second-order valence-electron chi connectivity index (χ2n) is 4.27. The number of rotatable bonds is 3. The largest absolute Gasteiger partial charge is 0.479 e. The Labute approximate surface area is 115 Å². The minimum Gasteiger partial charge on any atom is -0.479 e. The highest BCUT2D eigenvalue weighted by Crippen LogP contribution is 2.30. The molecule has 20 heavy (non-hydrogen) atoms. The molecule has 0 atom stereocenters. The summed E-state index contributed by atoms with van der Waals surface area (Å²) in [5.74, 6) is 0.161. The Bertz CT molecular complexity index is 752. The summed E-state index contributed by atoms with van der Waals surface area (Å²) in [6.07, 6.45) is 1.67. The van der Waals surface area contributed by atoms with Gasteiger partial charge < -0.3 is 4.74 Å². The van der Waals surface area contributed by atoms with Gasteiger partial charge in [0.1, 0.15) is 11.3 Å². The summed E-state index contributed by atoms with van der Waals surface area (Å²) in [6, 6.07) is 6.22. The molecular formula is C14H13FN4O. The lowest BCUT2D eigenvalue weighted by Crippen LogP contribution is -1.97. The van der Waals surface area contributed by atoms with Crippen LogP contribution in [0.15, 0.2) is 30.5 Å². The molecule has 0 bridgehead atoms. The van der Waals surface area contributed by atoms with Crippen molar-refractivity contribution in [1.29, 1.82) is 0 Å². The van der Waals surface area contributed by atoms with E-state index in [1.54, 1.807) is 30.2 Å². The number of hydrogen-bond acceptors (Lipinski definition) is 4. The van der Waals surface area contributed by atoms with Crippen LogP contribution in [0.3, 0.4) is 0 Å². The van der Waals surface area contributed by atoms with E-state index in [0.717, 1.165) is 11.1 Å². The number of benzene rings is 1. The Kier molecular flexibility index (Phi) is 3.06. The molecule has 0 saturated heterocycles. The van der Waals surface area contributed by atoms with E-state index >= 15 is 0 Å². The van der Waals surface area contributed by atoms with Crippen LogP contribution in [-0.2, 0) is 6.54 Å². The van der Waals surface area contributed by atoms with Gasteiger partial charge in [0.05, 0.1) is 13.7 Å². The van der Waals surface area contributed by atoms with Crippen LogP contribution < -0.4 is 4.74 Å². The molecule has 0 aliphatic rings. The number of aromatic nitrogens is 4. The summed E-state index contributed by atoms with van der Waals surface area (Å²) >= 11 is 0. The Hall–Kier alpha value is -2.50. The lowest BCUT2D eigenvalue weighted by molar-refractivity contribution is 0.402. The Morgan fingerprint density at radius 3 is 2.50 bits per heavy atom. The van der Waals surface area contributed by atoms with Crippen molar-refractivity contribution in [3.63, 3.8) is 0 Å². The number of nitrogens with zero attached hydrogens (tertiary/aromatic N) is 4. The first-order valence-electron chi connectivity index (χ1n) is 6.26. The highest BCUT2D eigenvalue weighted by molar-refractivity contribution is 5.93. The summed E-state index contributed by atoms with van der Waals surface area (Å²) < 4.78 is 18.2. The molecule has 102 valence electrons. The van der Waals surface area contributed by atoms with E-state index in [0.29, 0.717) is 23.5 Å². The molecule has 0 radical (unpaired) electrons. The highest BCUT2D eigenvalue weighted by atomic mass is 19.1. The molecule has 0 N–H and O–H groups in total. The van der Waals surface area contributed by atoms with Crippen molar-refractivity contribution in [2.24, 2.45) is 0 Å². The van der Waals surface area contributed by atoms with Crippen molar-refractivity contribution < 1.29 is 9.13 Å².